The summed E-state index contributed by atoms with van der Waals surface area (Å²) in [6, 6.07) is 8.63. The van der Waals surface area contributed by atoms with E-state index in [1.807, 2.05) is 11.6 Å². The molecular weight excluding hydrogens is 222 g/mol. The van der Waals surface area contributed by atoms with Gasteiger partial charge in [0, 0.05) is 12.2 Å². The summed E-state index contributed by atoms with van der Waals surface area (Å²) in [6.45, 7) is 10.2. The van der Waals surface area contributed by atoms with Crippen molar-refractivity contribution >= 4 is 0 Å². The zero-order chi connectivity index (χ0) is 13.1. The molecule has 3 heteroatoms. The van der Waals surface area contributed by atoms with Crippen LogP contribution in [0.5, 0.6) is 0 Å². The number of hydrogen-bond donors (Lipinski definition) is 1. The number of hydrogen-bond acceptors (Lipinski definition) is 2. The molecule has 1 N–H and O–H groups in total. The van der Waals surface area contributed by atoms with Crippen LogP contribution in [0.15, 0.2) is 24.3 Å². The van der Waals surface area contributed by atoms with Gasteiger partial charge in [-0.1, -0.05) is 24.6 Å². The second-order valence-corrected chi connectivity index (χ2v) is 4.75. The lowest BCUT2D eigenvalue weighted by atomic mass is 10.1. The molecule has 1 aromatic heterocycles. The van der Waals surface area contributed by atoms with Crippen LogP contribution in [-0.4, -0.2) is 16.3 Å². The number of benzene rings is 1. The molecule has 3 nitrogen and oxygen atoms in total. The molecule has 1 aromatic carbocycles. The van der Waals surface area contributed by atoms with Crippen LogP contribution in [0.3, 0.4) is 0 Å². The number of rotatable bonds is 4. The third-order valence-electron chi connectivity index (χ3n) is 3.04. The summed E-state index contributed by atoms with van der Waals surface area (Å²) in [5.41, 5.74) is 5.99. The monoisotopic (exact) mass is 243 g/mol. The molecule has 18 heavy (non-hydrogen) atoms. The fourth-order valence-corrected chi connectivity index (χ4v) is 2.19. The third kappa shape index (κ3) is 2.62. The molecule has 0 fully saturated rings. The van der Waals surface area contributed by atoms with Gasteiger partial charge in [-0.3, -0.25) is 0 Å². The van der Waals surface area contributed by atoms with Crippen LogP contribution >= 0.6 is 0 Å². The smallest absolute Gasteiger partial charge is 0.0693 e. The Labute approximate surface area is 109 Å². The summed E-state index contributed by atoms with van der Waals surface area (Å²) < 4.78 is 2.03. The summed E-state index contributed by atoms with van der Waals surface area (Å²) in [4.78, 5) is 0. The minimum Gasteiger partial charge on any atom is -0.313 e. The molecule has 0 radical (unpaired) electrons. The van der Waals surface area contributed by atoms with Gasteiger partial charge in [0.05, 0.1) is 11.4 Å². The molecule has 0 atom stereocenters. The van der Waals surface area contributed by atoms with Gasteiger partial charge in [0.25, 0.3) is 0 Å². The molecular formula is C15H21N3. The SMILES string of the molecule is CCNCc1cc(C)ccc1-n1nc(C)cc1C. The minimum absolute atomic E-state index is 0.881. The van der Waals surface area contributed by atoms with Gasteiger partial charge in [-0.25, -0.2) is 4.68 Å². The fraction of sp³-hybridized carbons (Fsp3) is 0.400. The molecule has 0 saturated heterocycles. The van der Waals surface area contributed by atoms with E-state index in [4.69, 9.17) is 0 Å². The largest absolute Gasteiger partial charge is 0.313 e. The third-order valence-corrected chi connectivity index (χ3v) is 3.04. The van der Waals surface area contributed by atoms with Crippen molar-refractivity contribution in [1.29, 1.82) is 0 Å². The molecule has 0 amide bonds. The lowest BCUT2D eigenvalue weighted by molar-refractivity contribution is 0.713. The number of nitrogens with one attached hydrogen (secondary N) is 1. The second kappa shape index (κ2) is 5.36. The highest BCUT2D eigenvalue weighted by atomic mass is 15.3. The first-order valence-corrected chi connectivity index (χ1v) is 6.45. The molecule has 0 aliphatic carbocycles. The standard InChI is InChI=1S/C15H21N3/c1-5-16-10-14-8-11(2)6-7-15(14)18-13(4)9-12(3)17-18/h6-9,16H,5,10H2,1-4H3. The average Bonchev–Trinajstić information content (AvgIpc) is 2.66. The van der Waals surface area contributed by atoms with Crippen molar-refractivity contribution in [3.8, 4) is 5.69 Å². The van der Waals surface area contributed by atoms with E-state index in [1.165, 1.54) is 22.5 Å². The Morgan fingerprint density at radius 1 is 1.17 bits per heavy atom. The van der Waals surface area contributed by atoms with Gasteiger partial charge in [0.15, 0.2) is 0 Å². The van der Waals surface area contributed by atoms with E-state index in [1.54, 1.807) is 0 Å². The Morgan fingerprint density at radius 2 is 1.94 bits per heavy atom. The molecule has 0 bridgehead atoms. The van der Waals surface area contributed by atoms with Crippen LogP contribution in [0.2, 0.25) is 0 Å². The molecule has 1 heterocycles. The summed E-state index contributed by atoms with van der Waals surface area (Å²) in [5, 5.41) is 7.95. The lowest BCUT2D eigenvalue weighted by Gasteiger charge is -2.12. The van der Waals surface area contributed by atoms with Crippen molar-refractivity contribution in [2.45, 2.75) is 34.2 Å². The van der Waals surface area contributed by atoms with Gasteiger partial charge in [-0.05, 0) is 45.0 Å². The molecule has 0 spiro atoms. The van der Waals surface area contributed by atoms with E-state index in [-0.39, 0.29) is 0 Å². The summed E-state index contributed by atoms with van der Waals surface area (Å²) in [5.74, 6) is 0. The zero-order valence-electron chi connectivity index (χ0n) is 11.6. The van der Waals surface area contributed by atoms with E-state index in [9.17, 15) is 0 Å². The molecule has 0 aliphatic rings. The number of aryl methyl sites for hydroxylation is 3. The zero-order valence-corrected chi connectivity index (χ0v) is 11.6. The van der Waals surface area contributed by atoms with Crippen LogP contribution in [0.4, 0.5) is 0 Å². The van der Waals surface area contributed by atoms with Crippen LogP contribution in [-0.2, 0) is 6.54 Å². The van der Waals surface area contributed by atoms with Gasteiger partial charge >= 0.3 is 0 Å². The molecule has 2 rings (SSSR count). The highest BCUT2D eigenvalue weighted by Gasteiger charge is 2.08. The van der Waals surface area contributed by atoms with E-state index in [0.717, 1.165) is 18.8 Å². The maximum Gasteiger partial charge on any atom is 0.0693 e. The van der Waals surface area contributed by atoms with Gasteiger partial charge in [-0.2, -0.15) is 5.10 Å². The Morgan fingerprint density at radius 3 is 2.56 bits per heavy atom. The first-order valence-electron chi connectivity index (χ1n) is 6.45. The quantitative estimate of drug-likeness (QED) is 0.895. The number of nitrogens with zero attached hydrogens (tertiary/aromatic N) is 2. The maximum absolute atomic E-state index is 4.57. The van der Waals surface area contributed by atoms with E-state index in [0.29, 0.717) is 0 Å². The molecule has 0 unspecified atom stereocenters. The highest BCUT2D eigenvalue weighted by molar-refractivity contribution is 5.44. The predicted molar refractivity (Wildman–Crippen MR) is 75.2 cm³/mol. The summed E-state index contributed by atoms with van der Waals surface area (Å²) in [6.07, 6.45) is 0. The van der Waals surface area contributed by atoms with Crippen LogP contribution in [0, 0.1) is 20.8 Å². The van der Waals surface area contributed by atoms with E-state index >= 15 is 0 Å². The van der Waals surface area contributed by atoms with Gasteiger partial charge < -0.3 is 5.32 Å². The predicted octanol–water partition coefficient (Wildman–Crippen LogP) is 2.91. The summed E-state index contributed by atoms with van der Waals surface area (Å²) in [7, 11) is 0. The first-order chi connectivity index (χ1) is 8.61. The van der Waals surface area contributed by atoms with Gasteiger partial charge in [0.2, 0.25) is 0 Å². The average molecular weight is 243 g/mol. The fourth-order valence-electron chi connectivity index (χ4n) is 2.19. The van der Waals surface area contributed by atoms with Crippen molar-refractivity contribution in [3.63, 3.8) is 0 Å². The molecule has 0 saturated carbocycles. The van der Waals surface area contributed by atoms with Crippen molar-refractivity contribution in [2.75, 3.05) is 6.54 Å². The Balaban J connectivity index is 2.46. The van der Waals surface area contributed by atoms with E-state index in [2.05, 4.69) is 55.5 Å². The number of aromatic nitrogens is 2. The Hall–Kier alpha value is -1.61. The minimum atomic E-state index is 0.881. The first kappa shape index (κ1) is 12.8. The maximum atomic E-state index is 4.57. The van der Waals surface area contributed by atoms with E-state index < -0.39 is 0 Å². The highest BCUT2D eigenvalue weighted by Crippen LogP contribution is 2.18. The molecule has 0 aliphatic heterocycles. The normalized spacial score (nSPS) is 10.9. The lowest BCUT2D eigenvalue weighted by Crippen LogP contribution is -2.15. The van der Waals surface area contributed by atoms with Crippen molar-refractivity contribution in [2.24, 2.45) is 0 Å². The van der Waals surface area contributed by atoms with Crippen molar-refractivity contribution < 1.29 is 0 Å². The molecule has 2 aromatic rings. The van der Waals surface area contributed by atoms with Gasteiger partial charge in [-0.15, -0.1) is 0 Å². The Bertz CT molecular complexity index is 541. The van der Waals surface area contributed by atoms with Gasteiger partial charge in [0.1, 0.15) is 0 Å². The van der Waals surface area contributed by atoms with Crippen LogP contribution in [0.25, 0.3) is 5.69 Å². The Kier molecular flexibility index (Phi) is 3.82. The second-order valence-electron chi connectivity index (χ2n) is 4.75. The summed E-state index contributed by atoms with van der Waals surface area (Å²) >= 11 is 0. The van der Waals surface area contributed by atoms with Crippen molar-refractivity contribution in [3.05, 3.63) is 46.8 Å². The van der Waals surface area contributed by atoms with Crippen molar-refractivity contribution in [1.82, 2.24) is 15.1 Å². The van der Waals surface area contributed by atoms with Crippen LogP contribution in [0.1, 0.15) is 29.4 Å². The van der Waals surface area contributed by atoms with Crippen LogP contribution < -0.4 is 5.32 Å². The topological polar surface area (TPSA) is 29.9 Å². The molecule has 96 valence electrons.